The zero-order chi connectivity index (χ0) is 79.6. The Bertz CT molecular complexity index is 4620. The van der Waals surface area contributed by atoms with Crippen molar-refractivity contribution in [1.82, 2.24) is 35.0 Å². The molecule has 3 aromatic heterocycles. The minimum Gasteiger partial charge on any atom is -0.539 e. The molecule has 0 bridgehead atoms. The van der Waals surface area contributed by atoms with E-state index in [4.69, 9.17) is 54.2 Å². The number of fused-ring (bicyclic) bond motifs is 2. The van der Waals surface area contributed by atoms with Gasteiger partial charge in [-0.15, -0.1) is 34.4 Å². The van der Waals surface area contributed by atoms with E-state index in [0.29, 0.717) is 42.8 Å². The van der Waals surface area contributed by atoms with Crippen molar-refractivity contribution in [3.05, 3.63) is 151 Å². The Balaban J connectivity index is 0.000000303. The Morgan fingerprint density at radius 3 is 1.62 bits per heavy atom. The minimum absolute atomic E-state index is 0.00755. The summed E-state index contributed by atoms with van der Waals surface area (Å²) in [7, 11) is 12.0. The van der Waals surface area contributed by atoms with E-state index in [0.717, 1.165) is 27.5 Å². The van der Waals surface area contributed by atoms with Gasteiger partial charge < -0.3 is 63.4 Å². The molecule has 2 saturated heterocycles. The maximum Gasteiger partial charge on any atom is 0.378 e. The number of rotatable bonds is 28. The number of methoxy groups -OCH3 is 2. The predicted octanol–water partition coefficient (Wildman–Crippen LogP) is 6.20. The number of thiazole rings is 2. The lowest BCUT2D eigenvalue weighted by atomic mass is 10.0. The first-order chi connectivity index (χ1) is 51.4. The van der Waals surface area contributed by atoms with Gasteiger partial charge in [-0.25, -0.2) is 38.3 Å². The predicted molar refractivity (Wildman–Crippen MR) is 410 cm³/mol. The molecule has 0 spiro atoms. The summed E-state index contributed by atoms with van der Waals surface area (Å²) in [5.74, 6) is -3.91. The van der Waals surface area contributed by atoms with Gasteiger partial charge in [-0.05, 0) is 136 Å². The number of anilines is 1. The molecule has 4 aliphatic rings. The first-order valence-electron chi connectivity index (χ1n) is 33.4. The number of esters is 2. The van der Waals surface area contributed by atoms with Crippen molar-refractivity contribution >= 4 is 154 Å². The second-order valence-electron chi connectivity index (χ2n) is 27.6. The van der Waals surface area contributed by atoms with Gasteiger partial charge in [0.1, 0.15) is 100 Å². The lowest BCUT2D eigenvalue weighted by Gasteiger charge is -2.49. The number of carbonyl (C=O) groups is 9. The number of carbonyl (C=O) groups excluding carboxylic acids is 9. The first-order valence-corrected chi connectivity index (χ1v) is 39.1. The minimum atomic E-state index is -1.62. The van der Waals surface area contributed by atoms with E-state index < -0.39 is 104 Å². The van der Waals surface area contributed by atoms with Crippen LogP contribution < -0.4 is 39.5 Å². The van der Waals surface area contributed by atoms with Gasteiger partial charge in [0.25, 0.3) is 29.5 Å². The number of alkyl halides is 1. The van der Waals surface area contributed by atoms with Crippen LogP contribution in [0, 0.1) is 13.8 Å². The topological polar surface area (TPSA) is 365 Å². The summed E-state index contributed by atoms with van der Waals surface area (Å²) in [5.41, 5.74) is -1.85. The van der Waals surface area contributed by atoms with E-state index >= 15 is 0 Å². The molecular weight excluding hydrogens is 1600 g/mol. The maximum atomic E-state index is 13.8. The number of ether oxygens (including phenoxy) is 6. The summed E-state index contributed by atoms with van der Waals surface area (Å²) in [6.07, 6.45) is 5.10. The van der Waals surface area contributed by atoms with E-state index in [1.807, 2.05) is 71.1 Å². The third-order valence-corrected chi connectivity index (χ3v) is 21.5. The van der Waals surface area contributed by atoms with Crippen molar-refractivity contribution in [2.24, 2.45) is 10.3 Å². The van der Waals surface area contributed by atoms with Crippen molar-refractivity contribution < 1.29 is 99.3 Å². The van der Waals surface area contributed by atoms with Crippen LogP contribution in [0.5, 0.6) is 23.0 Å². The fourth-order valence-corrected chi connectivity index (χ4v) is 15.8. The maximum absolute atomic E-state index is 13.8. The van der Waals surface area contributed by atoms with Gasteiger partial charge in [-0.2, -0.15) is 0 Å². The van der Waals surface area contributed by atoms with Gasteiger partial charge in [-0.1, -0.05) is 57.2 Å². The summed E-state index contributed by atoms with van der Waals surface area (Å²) >= 11 is 5.82. The zero-order valence-corrected chi connectivity index (χ0v) is 67.3. The average molecular weight is 1680 g/mol. The van der Waals surface area contributed by atoms with E-state index in [1.54, 1.807) is 126 Å². The molecule has 4 aliphatic heterocycles. The number of imidazole rings is 1. The largest absolute Gasteiger partial charge is 0.539 e. The van der Waals surface area contributed by atoms with Crippen LogP contribution in [0.2, 0.25) is 0 Å². The Hall–Kier alpha value is -9.66. The van der Waals surface area contributed by atoms with Crippen LogP contribution in [0.4, 0.5) is 5.69 Å². The number of β-lactam (4-membered cyclic amide) rings is 2. The molecule has 7 heterocycles. The third kappa shape index (κ3) is 20.8. The Labute approximate surface area is 659 Å². The number of oxime groups is 2. The van der Waals surface area contributed by atoms with Crippen molar-refractivity contribution in [2.45, 2.75) is 155 Å². The van der Waals surface area contributed by atoms with Gasteiger partial charge in [-0.3, -0.25) is 38.0 Å². The van der Waals surface area contributed by atoms with Gasteiger partial charge in [0.15, 0.2) is 29.5 Å². The molecule has 574 valence electrons. The quantitative estimate of drug-likeness (QED) is 0.00719. The summed E-state index contributed by atoms with van der Waals surface area (Å²) in [6.45, 7) is 20.0. The van der Waals surface area contributed by atoms with Crippen LogP contribution in [0.3, 0.4) is 0 Å². The molecule has 1 unspecified atom stereocenters. The fraction of sp³-hybridized carbons (Fsp3) is 0.408. The standard InChI is InChI=1S/C49H52BN7O12S2.C22H26BIN4O8S2/c1-29-51-36(27-70-29)40(54-69-49(5,6)47(62)67-48(2,3)4)43(59)53-41-44(60)57-42(46(61)68-50)32(26-71-45(41)57)22-55-19-20-56(28-55)23-39(58)52-33-13-18-37(65-24-30-9-14-34(63-7)15-10-30)38(21-33)66-25-31-11-16-35(64-8)17-12-31;1-10-25-12(8-37-10)13(27-36-22(5,6)20(32)34-21(2,3)4)16(29)26-14-17(30)28-15(19(31)35-23)11(7-24)9-38(33)18(14)28/h9-21,27-28,41,45H,22-26H2,1-8H3,(H-,52,53,58,59);8,14,18H,7,9H2,1-6H3,(H,26,29)/p+1/b54-40+;27-13+/t41-,45-;14-,18-,38?/m11/s1. The number of thioether (sulfide) groups is 1. The van der Waals surface area contributed by atoms with Crippen LogP contribution in [0.1, 0.15) is 102 Å². The highest BCUT2D eigenvalue weighted by Gasteiger charge is 2.58. The molecule has 0 aliphatic carbocycles. The first kappa shape index (κ1) is 83.4. The van der Waals surface area contributed by atoms with Crippen LogP contribution in [-0.4, -0.2) is 185 Å². The van der Waals surface area contributed by atoms with Gasteiger partial charge in [0, 0.05) is 38.3 Å². The van der Waals surface area contributed by atoms with Gasteiger partial charge in [0.05, 0.1) is 40.8 Å². The van der Waals surface area contributed by atoms with E-state index in [1.165, 1.54) is 67.0 Å². The number of amides is 5. The molecule has 10 rings (SSSR count). The Morgan fingerprint density at radius 2 is 1.16 bits per heavy atom. The number of benzene rings is 3. The fourth-order valence-electron chi connectivity index (χ4n) is 10.6. The molecule has 2 fully saturated rings. The molecule has 3 N–H and O–H groups in total. The number of aryl methyl sites for hydroxylation is 2. The third-order valence-electron chi connectivity index (χ3n) is 16.0. The monoisotopic (exact) mass is 1680 g/mol. The molecule has 4 radical (unpaired) electrons. The highest BCUT2D eigenvalue weighted by molar-refractivity contribution is 14.1. The number of nitrogens with zero attached hydrogens (tertiary/aromatic N) is 8. The molecule has 5 amide bonds. The number of hydrogen-bond acceptors (Lipinski definition) is 27. The van der Waals surface area contributed by atoms with Crippen molar-refractivity contribution in [2.75, 3.05) is 35.5 Å². The molecule has 0 saturated carbocycles. The average Bonchev–Trinajstić information content (AvgIpc) is 0.764. The second kappa shape index (κ2) is 35.4. The van der Waals surface area contributed by atoms with Crippen molar-refractivity contribution in [3.63, 3.8) is 0 Å². The van der Waals surface area contributed by atoms with E-state index in [2.05, 4.69) is 45.5 Å². The van der Waals surface area contributed by atoms with Gasteiger partial charge >= 0.3 is 40.0 Å². The van der Waals surface area contributed by atoms with Crippen LogP contribution in [0.15, 0.2) is 129 Å². The number of nitrogens with one attached hydrogen (secondary N) is 3. The summed E-state index contributed by atoms with van der Waals surface area (Å²) in [4.78, 5) is 140. The van der Waals surface area contributed by atoms with Crippen LogP contribution in [-0.2, 0) is 109 Å². The Morgan fingerprint density at radius 1 is 0.670 bits per heavy atom. The molecule has 38 heteroatoms. The van der Waals surface area contributed by atoms with Crippen molar-refractivity contribution in [1.29, 1.82) is 0 Å². The molecule has 109 heavy (non-hydrogen) atoms. The van der Waals surface area contributed by atoms with E-state index in [9.17, 15) is 47.4 Å². The SMILES string of the molecule is [B]OC(=O)C1=C(CI)CS(=O)[C@@H]2[C@H](NC(=O)/C(=N/OC(C)(C)C(=O)OC(C)(C)C)c3csc(C)n3)C(=O)N12.[B]OC(=O)C1=C(C[n+]2ccn(CC(=O)Nc3ccc(OCc4ccc(OC)cc4)c(OCc4ccc(OC)cc4)c3)c2)CS[C@@H]2[C@H](NC(=O)/C(=N/OC(C)(C)C(=O)OC(C)(C)C)c3csc(C)n3)C(=O)N12. The summed E-state index contributed by atoms with van der Waals surface area (Å²) in [5, 5.41) is 18.8. The summed E-state index contributed by atoms with van der Waals surface area (Å²) < 4.78 is 59.4. The normalized spacial score (nSPS) is 17.9. The molecule has 31 nitrogen and oxygen atoms in total. The van der Waals surface area contributed by atoms with Crippen molar-refractivity contribution in [3.8, 4) is 23.0 Å². The van der Waals surface area contributed by atoms with Crippen LogP contribution in [0.25, 0.3) is 0 Å². The number of halogens is 1. The Kier molecular flexibility index (Phi) is 27.0. The summed E-state index contributed by atoms with van der Waals surface area (Å²) in [6, 6.07) is 17.9. The van der Waals surface area contributed by atoms with Crippen LogP contribution >= 0.6 is 57.0 Å². The lowest BCUT2D eigenvalue weighted by Crippen LogP contribution is -2.74. The van der Waals surface area contributed by atoms with Gasteiger partial charge in [0.2, 0.25) is 17.5 Å². The molecule has 3 aromatic carbocycles. The highest BCUT2D eigenvalue weighted by atomic mass is 127. The smallest absolute Gasteiger partial charge is 0.378 e. The molecule has 6 aromatic rings. The van der Waals surface area contributed by atoms with E-state index in [-0.39, 0.29) is 77.9 Å². The number of hydrogen-bond donors (Lipinski definition) is 3. The second-order valence-corrected chi connectivity index (χ2v) is 33.1. The molecular formula is C71H79B2IN11O20S4+. The highest BCUT2D eigenvalue weighted by Crippen LogP contribution is 2.42. The lowest BCUT2D eigenvalue weighted by molar-refractivity contribution is -0.688. The number of aromatic nitrogens is 4. The molecule has 5 atom stereocenters. The zero-order valence-electron chi connectivity index (χ0n) is 61.9.